The first-order chi connectivity index (χ1) is 15.9. The van der Waals surface area contributed by atoms with Crippen molar-refractivity contribution in [1.82, 2.24) is 29.9 Å². The SMILES string of the molecule is CCOC(=O)C(=O)Cl.CSc1nc2[nH]c(=O)c(=O)[nH]c2c(=O)[nH]1.Nc1nc(CS)[nH]c(=O)c1N. The van der Waals surface area contributed by atoms with Crippen LogP contribution in [0.2, 0.25) is 0 Å². The number of nitrogen functional groups attached to an aromatic ring is 2. The van der Waals surface area contributed by atoms with Gasteiger partial charge in [0.15, 0.2) is 22.1 Å². The third-order valence-electron chi connectivity index (χ3n) is 3.39. The average molecular weight is 535 g/mol. The summed E-state index contributed by atoms with van der Waals surface area (Å²) in [7, 11) is 0. The molecule has 0 aliphatic carbocycles. The van der Waals surface area contributed by atoms with Crippen LogP contribution in [0.5, 0.6) is 0 Å². The van der Waals surface area contributed by atoms with Gasteiger partial charge in [0.05, 0.1) is 6.61 Å². The number of anilines is 2. The summed E-state index contributed by atoms with van der Waals surface area (Å²) >= 11 is 9.83. The van der Waals surface area contributed by atoms with Crippen LogP contribution in [-0.2, 0) is 20.1 Å². The maximum absolute atomic E-state index is 11.4. The second kappa shape index (κ2) is 13.2. The van der Waals surface area contributed by atoms with Crippen molar-refractivity contribution in [3.63, 3.8) is 0 Å². The molecule has 0 unspecified atom stereocenters. The molecule has 0 atom stereocenters. The second-order valence-corrected chi connectivity index (χ2v) is 7.13. The number of aromatic nitrogens is 6. The topological polar surface area (TPSA) is 253 Å². The number of carbonyl (C=O) groups excluding carboxylic acids is 2. The second-order valence-electron chi connectivity index (χ2n) is 5.67. The minimum absolute atomic E-state index is 0.0302. The number of ether oxygens (including phenoxy) is 1. The van der Waals surface area contributed by atoms with Gasteiger partial charge < -0.3 is 31.2 Å². The first-order valence-corrected chi connectivity index (χ1v) is 11.1. The predicted octanol–water partition coefficient (Wildman–Crippen LogP) is -1.30. The average Bonchev–Trinajstić information content (AvgIpc) is 2.79. The van der Waals surface area contributed by atoms with Gasteiger partial charge in [-0.2, -0.15) is 12.6 Å². The molecule has 3 heterocycles. The number of H-pyrrole nitrogens is 4. The van der Waals surface area contributed by atoms with Crippen molar-refractivity contribution in [3.8, 4) is 0 Å². The summed E-state index contributed by atoms with van der Waals surface area (Å²) < 4.78 is 4.18. The van der Waals surface area contributed by atoms with Crippen LogP contribution < -0.4 is 33.7 Å². The van der Waals surface area contributed by atoms with E-state index in [1.165, 1.54) is 11.8 Å². The molecule has 15 nitrogen and oxygen atoms in total. The minimum atomic E-state index is -1.08. The van der Waals surface area contributed by atoms with Gasteiger partial charge in [-0.25, -0.2) is 14.8 Å². The number of aromatic amines is 4. The van der Waals surface area contributed by atoms with E-state index in [0.717, 1.165) is 0 Å². The summed E-state index contributed by atoms with van der Waals surface area (Å²) in [4.78, 5) is 81.1. The molecular formula is C16H19ClN8O7S2. The summed E-state index contributed by atoms with van der Waals surface area (Å²) in [6.07, 6.45) is 1.73. The van der Waals surface area contributed by atoms with Gasteiger partial charge in [-0.1, -0.05) is 11.8 Å². The van der Waals surface area contributed by atoms with Gasteiger partial charge in [-0.3, -0.25) is 29.0 Å². The summed E-state index contributed by atoms with van der Waals surface area (Å²) in [5, 5.41) is -0.706. The number of carbonyl (C=O) groups is 2. The van der Waals surface area contributed by atoms with Crippen molar-refractivity contribution >= 4 is 69.9 Å². The summed E-state index contributed by atoms with van der Waals surface area (Å²) in [6.45, 7) is 1.77. The Morgan fingerprint density at radius 3 is 2.09 bits per heavy atom. The van der Waals surface area contributed by atoms with E-state index in [0.29, 0.717) is 16.7 Å². The molecule has 0 amide bonds. The van der Waals surface area contributed by atoms with Crippen LogP contribution in [0.1, 0.15) is 12.7 Å². The van der Waals surface area contributed by atoms with E-state index in [2.05, 4.69) is 47.3 Å². The third kappa shape index (κ3) is 8.09. The van der Waals surface area contributed by atoms with Crippen LogP contribution in [-0.4, -0.2) is 54.0 Å². The highest BCUT2D eigenvalue weighted by atomic mass is 35.5. The molecule has 34 heavy (non-hydrogen) atoms. The number of rotatable bonds is 4. The van der Waals surface area contributed by atoms with E-state index < -0.39 is 33.4 Å². The highest BCUT2D eigenvalue weighted by Crippen LogP contribution is 2.06. The molecule has 184 valence electrons. The Bertz CT molecular complexity index is 1420. The molecule has 3 aromatic heterocycles. The molecule has 0 bridgehead atoms. The summed E-state index contributed by atoms with van der Waals surface area (Å²) in [5.41, 5.74) is 7.96. The molecule has 0 aliphatic heterocycles. The molecule has 18 heteroatoms. The Morgan fingerprint density at radius 2 is 1.62 bits per heavy atom. The molecule has 0 spiro atoms. The third-order valence-corrected chi connectivity index (χ3v) is 4.42. The molecule has 0 radical (unpaired) electrons. The van der Waals surface area contributed by atoms with Gasteiger partial charge in [-0.15, -0.1) is 0 Å². The zero-order chi connectivity index (χ0) is 26.0. The van der Waals surface area contributed by atoms with Crippen molar-refractivity contribution < 1.29 is 14.3 Å². The maximum atomic E-state index is 11.4. The minimum Gasteiger partial charge on any atom is -0.459 e. The lowest BCUT2D eigenvalue weighted by molar-refractivity contribution is -0.149. The Hall–Kier alpha value is -3.57. The van der Waals surface area contributed by atoms with Crippen LogP contribution >= 0.6 is 36.0 Å². The maximum Gasteiger partial charge on any atom is 0.391 e. The normalized spacial score (nSPS) is 9.88. The van der Waals surface area contributed by atoms with Gasteiger partial charge >= 0.3 is 22.3 Å². The lowest BCUT2D eigenvalue weighted by Crippen LogP contribution is -2.31. The zero-order valence-electron chi connectivity index (χ0n) is 17.6. The highest BCUT2D eigenvalue weighted by Gasteiger charge is 2.09. The quantitative estimate of drug-likeness (QED) is 0.0514. The van der Waals surface area contributed by atoms with Gasteiger partial charge in [0.2, 0.25) is 0 Å². The van der Waals surface area contributed by atoms with Crippen LogP contribution in [0, 0.1) is 0 Å². The fraction of sp³-hybridized carbons (Fsp3) is 0.250. The molecule has 0 aromatic carbocycles. The monoisotopic (exact) mass is 534 g/mol. The van der Waals surface area contributed by atoms with Crippen LogP contribution in [0.4, 0.5) is 11.5 Å². The molecule has 0 saturated carbocycles. The molecular weight excluding hydrogens is 516 g/mol. The number of nitrogens with two attached hydrogens (primary N) is 2. The standard InChI is InChI=1S/C7H6N4O3S.C5H8N4OS.C4H5ClO3/c1-15-7-10-3-2(4(12)11-7)8-5(13)6(14)9-3;6-3-4(7)8-2(1-11)9-5(3)10;1-2-8-4(7)3(5)6/h1H3,(H,8,13)(H2,9,10,11,12,14);11H,1,6H2,(H3,7,8,9,10);2H2,1H3. The van der Waals surface area contributed by atoms with Gasteiger partial charge in [0.25, 0.3) is 11.1 Å². The molecule has 3 rings (SSSR count). The molecule has 8 N–H and O–H groups in total. The zero-order valence-corrected chi connectivity index (χ0v) is 20.0. The molecule has 0 aliphatic rings. The van der Waals surface area contributed by atoms with E-state index in [1.54, 1.807) is 13.2 Å². The van der Waals surface area contributed by atoms with Gasteiger partial charge in [0, 0.05) is 5.75 Å². The number of thiol groups is 1. The van der Waals surface area contributed by atoms with Crippen molar-refractivity contribution in [2.75, 3.05) is 24.3 Å². The fourth-order valence-electron chi connectivity index (χ4n) is 1.90. The number of nitrogens with one attached hydrogen (secondary N) is 4. The van der Waals surface area contributed by atoms with Crippen molar-refractivity contribution in [2.24, 2.45) is 0 Å². The van der Waals surface area contributed by atoms with Crippen molar-refractivity contribution in [2.45, 2.75) is 17.8 Å². The molecule has 0 fully saturated rings. The van der Waals surface area contributed by atoms with Crippen LogP contribution in [0.3, 0.4) is 0 Å². The predicted molar refractivity (Wildman–Crippen MR) is 129 cm³/mol. The fourth-order valence-corrected chi connectivity index (χ4v) is 2.48. The van der Waals surface area contributed by atoms with Crippen LogP contribution in [0.25, 0.3) is 11.2 Å². The van der Waals surface area contributed by atoms with Crippen molar-refractivity contribution in [3.05, 3.63) is 47.2 Å². The van der Waals surface area contributed by atoms with E-state index in [9.17, 15) is 28.8 Å². The van der Waals surface area contributed by atoms with Gasteiger partial charge in [0.1, 0.15) is 11.5 Å². The van der Waals surface area contributed by atoms with E-state index in [-0.39, 0.29) is 29.3 Å². The number of hydrogen-bond acceptors (Lipinski definition) is 13. The number of halogens is 1. The Labute approximate surface area is 203 Å². The number of nitrogens with zero attached hydrogens (tertiary/aromatic N) is 2. The Kier molecular flexibility index (Phi) is 11.1. The van der Waals surface area contributed by atoms with E-state index in [4.69, 9.17) is 23.1 Å². The Balaban J connectivity index is 0.000000270. The lowest BCUT2D eigenvalue weighted by atomic mass is 10.5. The smallest absolute Gasteiger partial charge is 0.391 e. The number of fused-ring (bicyclic) bond motifs is 1. The largest absolute Gasteiger partial charge is 0.459 e. The number of thioether (sulfide) groups is 1. The van der Waals surface area contributed by atoms with E-state index in [1.807, 2.05) is 0 Å². The van der Waals surface area contributed by atoms with Crippen molar-refractivity contribution in [1.29, 1.82) is 0 Å². The number of hydrogen-bond donors (Lipinski definition) is 7. The summed E-state index contributed by atoms with van der Waals surface area (Å²) in [5.74, 6) is -0.184. The summed E-state index contributed by atoms with van der Waals surface area (Å²) in [6, 6.07) is 0. The number of esters is 1. The lowest BCUT2D eigenvalue weighted by Gasteiger charge is -1.99. The van der Waals surface area contributed by atoms with Crippen LogP contribution in [0.15, 0.2) is 24.3 Å². The highest BCUT2D eigenvalue weighted by molar-refractivity contribution is 7.98. The first-order valence-electron chi connectivity index (χ1n) is 8.87. The molecule has 0 saturated heterocycles. The van der Waals surface area contributed by atoms with Gasteiger partial charge in [-0.05, 0) is 24.8 Å². The molecule has 3 aromatic rings. The van der Waals surface area contributed by atoms with E-state index >= 15 is 0 Å². The Morgan fingerprint density at radius 1 is 1.00 bits per heavy atom. The first kappa shape index (κ1) is 28.5.